The summed E-state index contributed by atoms with van der Waals surface area (Å²) < 4.78 is 48.0. The minimum Gasteiger partial charge on any atom is -0.394 e. The van der Waals surface area contributed by atoms with Crippen LogP contribution in [0.3, 0.4) is 0 Å². The van der Waals surface area contributed by atoms with Crippen LogP contribution >= 0.6 is 0 Å². The quantitative estimate of drug-likeness (QED) is 0.0193. The van der Waals surface area contributed by atoms with E-state index >= 15 is 0 Å². The number of carbonyl (C=O) groups is 1. The molecular formula is C60H115NO11S. The predicted molar refractivity (Wildman–Crippen MR) is 301 cm³/mol. The zero-order chi connectivity index (χ0) is 53.3. The van der Waals surface area contributed by atoms with Crippen molar-refractivity contribution in [2.75, 3.05) is 13.2 Å². The molecule has 6 N–H and O–H groups in total. The van der Waals surface area contributed by atoms with Gasteiger partial charge >= 0.3 is 10.4 Å². The molecule has 1 fully saturated rings. The molecule has 7 atom stereocenters. The van der Waals surface area contributed by atoms with Crippen LogP contribution in [0.15, 0.2) is 24.3 Å². The van der Waals surface area contributed by atoms with Crippen LogP contribution in [-0.4, -0.2) is 95.4 Å². The number of unbranched alkanes of at least 4 members (excludes halogenated alkanes) is 38. The molecule has 432 valence electrons. The Hall–Kier alpha value is -1.42. The smallest absolute Gasteiger partial charge is 0.394 e. The second kappa shape index (κ2) is 50.1. The fraction of sp³-hybridized carbons (Fsp3) is 0.917. The molecule has 0 aromatic heterocycles. The maximum absolute atomic E-state index is 13.2. The summed E-state index contributed by atoms with van der Waals surface area (Å²) in [6.45, 7) is 3.49. The third-order valence-electron chi connectivity index (χ3n) is 14.8. The Kier molecular flexibility index (Phi) is 47.8. The van der Waals surface area contributed by atoms with Crippen LogP contribution in [-0.2, 0) is 28.9 Å². The van der Waals surface area contributed by atoms with Crippen molar-refractivity contribution in [3.63, 3.8) is 0 Å². The van der Waals surface area contributed by atoms with Gasteiger partial charge in [-0.05, 0) is 44.9 Å². The zero-order valence-corrected chi connectivity index (χ0v) is 47.8. The minimum atomic E-state index is -5.08. The van der Waals surface area contributed by atoms with Crippen LogP contribution in [0.25, 0.3) is 0 Å². The van der Waals surface area contributed by atoms with Crippen molar-refractivity contribution in [2.24, 2.45) is 0 Å². The van der Waals surface area contributed by atoms with Gasteiger partial charge in [0.2, 0.25) is 5.91 Å². The van der Waals surface area contributed by atoms with Crippen molar-refractivity contribution in [2.45, 2.75) is 339 Å². The molecule has 1 aliphatic rings. The lowest BCUT2D eigenvalue weighted by Gasteiger charge is -2.41. The van der Waals surface area contributed by atoms with E-state index in [9.17, 15) is 38.2 Å². The highest BCUT2D eigenvalue weighted by molar-refractivity contribution is 7.80. The van der Waals surface area contributed by atoms with Gasteiger partial charge in [0.25, 0.3) is 0 Å². The van der Waals surface area contributed by atoms with Crippen LogP contribution in [0.4, 0.5) is 0 Å². The fourth-order valence-corrected chi connectivity index (χ4v) is 10.5. The van der Waals surface area contributed by atoms with Gasteiger partial charge in [0.1, 0.15) is 24.4 Å². The topological polar surface area (TPSA) is 192 Å². The van der Waals surface area contributed by atoms with E-state index in [1.165, 1.54) is 212 Å². The molecule has 7 unspecified atom stereocenters. The maximum atomic E-state index is 13.2. The lowest BCUT2D eigenvalue weighted by Crippen LogP contribution is -2.61. The van der Waals surface area contributed by atoms with Gasteiger partial charge in [-0.15, -0.1) is 0 Å². The summed E-state index contributed by atoms with van der Waals surface area (Å²) >= 11 is 0. The molecule has 1 heterocycles. The summed E-state index contributed by atoms with van der Waals surface area (Å²) in [6.07, 6.45) is 53.3. The number of allylic oxidation sites excluding steroid dienone is 4. The highest BCUT2D eigenvalue weighted by Gasteiger charge is 2.48. The number of ether oxygens (including phenoxy) is 2. The van der Waals surface area contributed by atoms with E-state index in [1.54, 1.807) is 0 Å². The number of aliphatic hydroxyl groups is 4. The first-order chi connectivity index (χ1) is 35.5. The van der Waals surface area contributed by atoms with Crippen LogP contribution in [0.2, 0.25) is 0 Å². The number of carbonyl (C=O) groups excluding carboxylic acids is 1. The van der Waals surface area contributed by atoms with Gasteiger partial charge in [-0.3, -0.25) is 9.35 Å². The minimum absolute atomic E-state index is 0.227. The maximum Gasteiger partial charge on any atom is 0.397 e. The predicted octanol–water partition coefficient (Wildman–Crippen LogP) is 14.8. The SMILES string of the molecule is CCCCCCCCCCC/C=C\C/C=C\CCCCCCCCCCCCCCCC(=O)NC(COC1OC(CO)C(O)C(OS(=O)(=O)O)C1O)C(O)CCCCCCCCCCCCCCCCCCC. The number of hydrogen-bond donors (Lipinski definition) is 6. The summed E-state index contributed by atoms with van der Waals surface area (Å²) in [5.74, 6) is -0.227. The van der Waals surface area contributed by atoms with Crippen molar-refractivity contribution in [1.29, 1.82) is 0 Å². The van der Waals surface area contributed by atoms with E-state index in [0.29, 0.717) is 12.8 Å². The van der Waals surface area contributed by atoms with E-state index in [4.69, 9.17) is 9.47 Å². The number of aliphatic hydroxyl groups excluding tert-OH is 4. The molecule has 0 radical (unpaired) electrons. The van der Waals surface area contributed by atoms with Crippen LogP contribution in [0, 0.1) is 0 Å². The molecule has 0 aromatic rings. The van der Waals surface area contributed by atoms with Crippen molar-refractivity contribution < 1.29 is 51.8 Å². The number of rotatable bonds is 54. The summed E-state index contributed by atoms with van der Waals surface area (Å²) in [6, 6.07) is -0.858. The molecule has 0 bridgehead atoms. The average molecular weight is 1060 g/mol. The second-order valence-corrected chi connectivity index (χ2v) is 22.7. The van der Waals surface area contributed by atoms with Crippen molar-refractivity contribution >= 4 is 16.3 Å². The van der Waals surface area contributed by atoms with E-state index in [0.717, 1.165) is 57.8 Å². The Labute approximate surface area is 448 Å². The molecule has 13 heteroatoms. The molecule has 1 saturated heterocycles. The first-order valence-corrected chi connectivity index (χ1v) is 32.1. The molecule has 0 aliphatic carbocycles. The summed E-state index contributed by atoms with van der Waals surface area (Å²) in [4.78, 5) is 13.2. The Morgan fingerprint density at radius 1 is 0.548 bits per heavy atom. The van der Waals surface area contributed by atoms with Crippen molar-refractivity contribution in [3.8, 4) is 0 Å². The molecule has 1 rings (SSSR count). The summed E-state index contributed by atoms with van der Waals surface area (Å²) in [7, 11) is -5.08. The lowest BCUT2D eigenvalue weighted by atomic mass is 9.99. The second-order valence-electron chi connectivity index (χ2n) is 21.6. The van der Waals surface area contributed by atoms with Crippen LogP contribution < -0.4 is 5.32 Å². The number of nitrogens with one attached hydrogen (secondary N) is 1. The van der Waals surface area contributed by atoms with E-state index in [-0.39, 0.29) is 12.5 Å². The molecule has 0 saturated carbocycles. The van der Waals surface area contributed by atoms with Gasteiger partial charge < -0.3 is 35.2 Å². The zero-order valence-electron chi connectivity index (χ0n) is 47.0. The van der Waals surface area contributed by atoms with Crippen molar-refractivity contribution in [3.05, 3.63) is 24.3 Å². The third-order valence-corrected chi connectivity index (χ3v) is 15.2. The van der Waals surface area contributed by atoms with Crippen LogP contribution in [0.1, 0.15) is 296 Å². The highest BCUT2D eigenvalue weighted by Crippen LogP contribution is 2.26. The molecule has 73 heavy (non-hydrogen) atoms. The summed E-state index contributed by atoms with van der Waals surface area (Å²) in [5.41, 5.74) is 0. The number of hydrogen-bond acceptors (Lipinski definition) is 10. The van der Waals surface area contributed by atoms with Gasteiger partial charge in [0, 0.05) is 6.42 Å². The molecule has 1 aliphatic heterocycles. The van der Waals surface area contributed by atoms with Gasteiger partial charge in [-0.2, -0.15) is 8.42 Å². The summed E-state index contributed by atoms with van der Waals surface area (Å²) in [5, 5.41) is 45.2. The van der Waals surface area contributed by atoms with E-state index in [2.05, 4.69) is 47.7 Å². The largest absolute Gasteiger partial charge is 0.397 e. The highest BCUT2D eigenvalue weighted by atomic mass is 32.3. The normalized spacial score (nSPS) is 19.4. The molecular weight excluding hydrogens is 943 g/mol. The first kappa shape index (κ1) is 69.6. The Morgan fingerprint density at radius 3 is 1.30 bits per heavy atom. The monoisotopic (exact) mass is 1060 g/mol. The molecule has 1 amide bonds. The average Bonchev–Trinajstić information content (AvgIpc) is 3.37. The van der Waals surface area contributed by atoms with Gasteiger partial charge in [0.15, 0.2) is 6.29 Å². The molecule has 12 nitrogen and oxygen atoms in total. The van der Waals surface area contributed by atoms with Crippen molar-refractivity contribution in [1.82, 2.24) is 5.32 Å². The number of amides is 1. The Bertz CT molecular complexity index is 1380. The molecule has 0 aromatic carbocycles. The van der Waals surface area contributed by atoms with E-state index in [1.807, 2.05) is 0 Å². The van der Waals surface area contributed by atoms with Gasteiger partial charge in [0.05, 0.1) is 25.4 Å². The Morgan fingerprint density at radius 2 is 0.918 bits per heavy atom. The fourth-order valence-electron chi connectivity index (χ4n) is 10.0. The standard InChI is InChI=1S/C60H115NO11S/c1-3-5-7-9-11-13-15-17-19-21-22-23-24-25-26-27-28-29-30-31-32-34-36-38-40-42-44-46-48-50-56(64)61-53(52-70-60-58(66)59(72-73(67,68)69)57(65)55(51-62)71-60)54(63)49-47-45-43-41-39-37-35-33-20-18-16-14-12-10-8-6-4-2/h22-23,25-26,53-55,57-60,62-63,65-66H,3-21,24,27-52H2,1-2H3,(H,61,64)(H,67,68,69)/b23-22-,26-25-. The third kappa shape index (κ3) is 42.3. The van der Waals surface area contributed by atoms with Crippen LogP contribution in [0.5, 0.6) is 0 Å². The molecule has 0 spiro atoms. The Balaban J connectivity index is 2.28. The van der Waals surface area contributed by atoms with Gasteiger partial charge in [-0.1, -0.05) is 269 Å². The lowest BCUT2D eigenvalue weighted by molar-refractivity contribution is -0.298. The van der Waals surface area contributed by atoms with Gasteiger partial charge in [-0.25, -0.2) is 4.18 Å². The first-order valence-electron chi connectivity index (χ1n) is 30.7. The van der Waals surface area contributed by atoms with E-state index < -0.39 is 59.9 Å².